The van der Waals surface area contributed by atoms with Crippen molar-refractivity contribution in [2.75, 3.05) is 15.4 Å². The molecule has 0 unspecified atom stereocenters. The molecule has 0 radical (unpaired) electrons. The maximum Gasteiger partial charge on any atom is 0.263 e. The van der Waals surface area contributed by atoms with Crippen LogP contribution in [-0.4, -0.2) is 41.4 Å². The number of fused-ring (bicyclic) bond motifs is 1. The first-order valence-corrected chi connectivity index (χ1v) is 13.8. The van der Waals surface area contributed by atoms with E-state index in [1.807, 2.05) is 0 Å². The van der Waals surface area contributed by atoms with Gasteiger partial charge >= 0.3 is 0 Å². The van der Waals surface area contributed by atoms with Crippen LogP contribution < -0.4 is 26.8 Å². The smallest absolute Gasteiger partial charge is 0.263 e. The van der Waals surface area contributed by atoms with Crippen LogP contribution in [0.5, 0.6) is 0 Å². The first-order chi connectivity index (χ1) is 18.7. The maximum absolute atomic E-state index is 14.8. The number of pyridine rings is 3. The molecule has 1 fully saturated rings. The minimum atomic E-state index is -3.88. The Kier molecular flexibility index (Phi) is 7.26. The van der Waals surface area contributed by atoms with Crippen LogP contribution in [0.15, 0.2) is 66.0 Å². The molecular formula is C26H27FN8O3S. The zero-order chi connectivity index (χ0) is 27.6. The van der Waals surface area contributed by atoms with Gasteiger partial charge in [0, 0.05) is 29.9 Å². The van der Waals surface area contributed by atoms with Crippen molar-refractivity contribution in [2.24, 2.45) is 11.5 Å². The number of anilines is 4. The second-order valence-electron chi connectivity index (χ2n) is 9.30. The van der Waals surface area contributed by atoms with Crippen LogP contribution in [0.4, 0.5) is 27.4 Å². The molecule has 1 aromatic carbocycles. The predicted molar refractivity (Wildman–Crippen MR) is 147 cm³/mol. The summed E-state index contributed by atoms with van der Waals surface area (Å²) in [4.78, 5) is 24.7. The number of halogens is 1. The number of para-hydroxylation sites is 1. The van der Waals surface area contributed by atoms with Crippen LogP contribution in [0.1, 0.15) is 36.0 Å². The number of aromatic nitrogens is 3. The van der Waals surface area contributed by atoms with E-state index in [4.69, 9.17) is 11.5 Å². The number of amides is 1. The normalized spacial score (nSPS) is 17.5. The Morgan fingerprint density at radius 2 is 1.87 bits per heavy atom. The van der Waals surface area contributed by atoms with E-state index in [2.05, 4.69) is 30.3 Å². The van der Waals surface area contributed by atoms with Gasteiger partial charge in [0.05, 0.1) is 28.7 Å². The number of carbonyl (C=O) groups is 1. The van der Waals surface area contributed by atoms with Crippen molar-refractivity contribution in [3.8, 4) is 0 Å². The van der Waals surface area contributed by atoms with E-state index >= 15 is 0 Å². The van der Waals surface area contributed by atoms with Gasteiger partial charge in [0.1, 0.15) is 10.7 Å². The van der Waals surface area contributed by atoms with E-state index in [1.165, 1.54) is 30.7 Å². The summed E-state index contributed by atoms with van der Waals surface area (Å²) in [6.07, 6.45) is 7.78. The van der Waals surface area contributed by atoms with Gasteiger partial charge in [0.2, 0.25) is 0 Å². The van der Waals surface area contributed by atoms with E-state index in [1.54, 1.807) is 24.3 Å². The molecule has 11 nitrogen and oxygen atoms in total. The highest BCUT2D eigenvalue weighted by Gasteiger charge is 2.25. The molecule has 3 heterocycles. The summed E-state index contributed by atoms with van der Waals surface area (Å²) in [7, 11) is -3.88. The largest absolute Gasteiger partial charge is 0.365 e. The van der Waals surface area contributed by atoms with Crippen molar-refractivity contribution in [1.29, 1.82) is 0 Å². The molecular weight excluding hydrogens is 523 g/mol. The van der Waals surface area contributed by atoms with E-state index in [-0.39, 0.29) is 39.9 Å². The monoisotopic (exact) mass is 550 g/mol. The lowest BCUT2D eigenvalue weighted by Crippen LogP contribution is -2.43. The molecule has 13 heteroatoms. The first kappa shape index (κ1) is 26.3. The summed E-state index contributed by atoms with van der Waals surface area (Å²) < 4.78 is 43.0. The van der Waals surface area contributed by atoms with Crippen LogP contribution >= 0.6 is 0 Å². The van der Waals surface area contributed by atoms with Crippen molar-refractivity contribution in [1.82, 2.24) is 15.0 Å². The number of rotatable bonds is 8. The lowest BCUT2D eigenvalue weighted by Gasteiger charge is -2.30. The van der Waals surface area contributed by atoms with Crippen LogP contribution in [0.3, 0.4) is 0 Å². The predicted octanol–water partition coefficient (Wildman–Crippen LogP) is 3.49. The summed E-state index contributed by atoms with van der Waals surface area (Å²) in [5, 5.41) is 6.67. The number of hydrogen-bond acceptors (Lipinski definition) is 9. The van der Waals surface area contributed by atoms with E-state index in [9.17, 15) is 17.6 Å². The van der Waals surface area contributed by atoms with Crippen LogP contribution in [-0.2, 0) is 10.0 Å². The average molecular weight is 551 g/mol. The summed E-state index contributed by atoms with van der Waals surface area (Å²) in [5.74, 6) is -1.56. The second kappa shape index (κ2) is 10.8. The third-order valence-electron chi connectivity index (χ3n) is 6.55. The third kappa shape index (κ3) is 5.73. The zero-order valence-electron chi connectivity index (χ0n) is 20.8. The minimum Gasteiger partial charge on any atom is -0.365 e. The molecule has 39 heavy (non-hydrogen) atoms. The molecule has 7 N–H and O–H groups in total. The van der Waals surface area contributed by atoms with E-state index in [0.29, 0.717) is 16.6 Å². The fourth-order valence-electron chi connectivity index (χ4n) is 4.55. The van der Waals surface area contributed by atoms with Gasteiger partial charge in [-0.2, -0.15) is 0 Å². The molecule has 0 saturated heterocycles. The Hall–Kier alpha value is -4.36. The summed E-state index contributed by atoms with van der Waals surface area (Å²) in [5.41, 5.74) is 12.7. The Morgan fingerprint density at radius 3 is 2.62 bits per heavy atom. The van der Waals surface area contributed by atoms with Gasteiger partial charge in [-0.3, -0.25) is 19.5 Å². The van der Waals surface area contributed by atoms with Gasteiger partial charge < -0.3 is 22.1 Å². The van der Waals surface area contributed by atoms with Crippen molar-refractivity contribution in [3.05, 3.63) is 72.4 Å². The number of hydrogen-bond donors (Lipinski definition) is 5. The molecule has 1 aliphatic rings. The van der Waals surface area contributed by atoms with Gasteiger partial charge in [0.25, 0.3) is 15.9 Å². The molecule has 0 bridgehead atoms. The second-order valence-corrected chi connectivity index (χ2v) is 11.0. The molecule has 1 aliphatic carbocycles. The number of carbonyl (C=O) groups excluding carboxylic acids is 1. The Labute approximate surface area is 224 Å². The highest BCUT2D eigenvalue weighted by atomic mass is 32.2. The standard InChI is InChI=1S/C26H27FN8O3S/c27-19-12-18(24(29)36)25(34-26(19)33-21-8-2-1-7-20(21)28)32-16-11-15-5-3-9-22(23(15)31-13-16)35-39(37,38)17-6-4-10-30-14-17/h3-6,9-14,20-21,35H,1-2,7-8,28H2,(H2,29,36)(H2,32,33,34)/t20-,21+/m0/s1. The highest BCUT2D eigenvalue weighted by molar-refractivity contribution is 7.92. The van der Waals surface area contributed by atoms with Gasteiger partial charge in [-0.1, -0.05) is 25.0 Å². The van der Waals surface area contributed by atoms with Crippen molar-refractivity contribution in [3.63, 3.8) is 0 Å². The maximum atomic E-state index is 14.8. The Morgan fingerprint density at radius 1 is 1.05 bits per heavy atom. The molecule has 1 amide bonds. The number of nitrogens with two attached hydrogens (primary N) is 2. The summed E-state index contributed by atoms with van der Waals surface area (Å²) in [6.45, 7) is 0. The molecule has 3 aromatic heterocycles. The van der Waals surface area contributed by atoms with Gasteiger partial charge in [0.15, 0.2) is 11.6 Å². The molecule has 4 aromatic rings. The fraction of sp³-hybridized carbons (Fsp3) is 0.231. The van der Waals surface area contributed by atoms with Gasteiger partial charge in [-0.15, -0.1) is 0 Å². The lowest BCUT2D eigenvalue weighted by atomic mass is 9.91. The molecule has 0 aliphatic heterocycles. The molecule has 2 atom stereocenters. The van der Waals surface area contributed by atoms with Crippen molar-refractivity contribution >= 4 is 49.8 Å². The Balaban J connectivity index is 1.44. The fourth-order valence-corrected chi connectivity index (χ4v) is 5.57. The summed E-state index contributed by atoms with van der Waals surface area (Å²) >= 11 is 0. The SMILES string of the molecule is NC(=O)c1cc(F)c(N[C@@H]2CCCC[C@@H]2N)nc1Nc1cnc2c(NS(=O)(=O)c3cccnc3)cccc2c1. The zero-order valence-corrected chi connectivity index (χ0v) is 21.6. The van der Waals surface area contributed by atoms with Crippen molar-refractivity contribution in [2.45, 2.75) is 42.7 Å². The molecule has 0 spiro atoms. The molecule has 1 saturated carbocycles. The number of sulfonamides is 1. The number of benzene rings is 1. The highest BCUT2D eigenvalue weighted by Crippen LogP contribution is 2.29. The first-order valence-electron chi connectivity index (χ1n) is 12.3. The number of nitrogens with zero attached hydrogens (tertiary/aromatic N) is 3. The summed E-state index contributed by atoms with van der Waals surface area (Å²) in [6, 6.07) is 10.4. The number of nitrogens with one attached hydrogen (secondary N) is 3. The number of primary amides is 1. The van der Waals surface area contributed by atoms with Gasteiger partial charge in [-0.25, -0.2) is 17.8 Å². The third-order valence-corrected chi connectivity index (χ3v) is 7.90. The van der Waals surface area contributed by atoms with Crippen molar-refractivity contribution < 1.29 is 17.6 Å². The molecule has 5 rings (SSSR count). The minimum absolute atomic E-state index is 0.0141. The van der Waals surface area contributed by atoms with E-state index < -0.39 is 21.7 Å². The Bertz CT molecular complexity index is 1640. The van der Waals surface area contributed by atoms with Crippen LogP contribution in [0.2, 0.25) is 0 Å². The van der Waals surface area contributed by atoms with E-state index in [0.717, 1.165) is 31.7 Å². The van der Waals surface area contributed by atoms with Gasteiger partial charge in [-0.05, 0) is 43.2 Å². The average Bonchev–Trinajstić information content (AvgIpc) is 2.92. The van der Waals surface area contributed by atoms with Crippen LogP contribution in [0, 0.1) is 5.82 Å². The quantitative estimate of drug-likeness (QED) is 0.220. The topological polar surface area (TPSA) is 178 Å². The van der Waals surface area contributed by atoms with Crippen LogP contribution in [0.25, 0.3) is 10.9 Å². The molecule has 202 valence electrons. The lowest BCUT2D eigenvalue weighted by molar-refractivity contribution is 0.100.